The van der Waals surface area contributed by atoms with E-state index in [2.05, 4.69) is 15.3 Å². The summed E-state index contributed by atoms with van der Waals surface area (Å²) in [5.74, 6) is 5.63. The fourth-order valence-electron chi connectivity index (χ4n) is 1.89. The van der Waals surface area contributed by atoms with Crippen molar-refractivity contribution in [3.63, 3.8) is 0 Å². The molecule has 0 fully saturated rings. The lowest BCUT2D eigenvalue weighted by atomic mass is 10.0. The van der Waals surface area contributed by atoms with E-state index >= 15 is 0 Å². The van der Waals surface area contributed by atoms with Crippen LogP contribution in [0, 0.1) is 0 Å². The molecule has 2 rings (SSSR count). The first kappa shape index (κ1) is 13.4. The van der Waals surface area contributed by atoms with Crippen LogP contribution in [0.2, 0.25) is 0 Å². The molecule has 0 amide bonds. The molecule has 2 aromatic rings. The summed E-state index contributed by atoms with van der Waals surface area (Å²) in [5.41, 5.74) is 4.17. The predicted octanol–water partition coefficient (Wildman–Crippen LogP) is 1.57. The van der Waals surface area contributed by atoms with E-state index in [0.717, 1.165) is 5.69 Å². The van der Waals surface area contributed by atoms with Crippen molar-refractivity contribution < 1.29 is 13.5 Å². The molecule has 7 heteroatoms. The molecule has 102 valence electrons. The van der Waals surface area contributed by atoms with Crippen LogP contribution >= 0.6 is 0 Å². The number of aromatic nitrogens is 2. The molecule has 1 unspecified atom stereocenters. The molecule has 0 saturated carbocycles. The smallest absolute Gasteiger partial charge is 0.387 e. The van der Waals surface area contributed by atoms with Crippen LogP contribution in [0.3, 0.4) is 0 Å². The van der Waals surface area contributed by atoms with Crippen LogP contribution in [0.25, 0.3) is 0 Å². The van der Waals surface area contributed by atoms with E-state index in [1.807, 2.05) is 0 Å². The lowest BCUT2D eigenvalue weighted by Gasteiger charge is -2.17. The average molecular weight is 268 g/mol. The number of hydrazine groups is 1. The number of nitrogens with one attached hydrogen (secondary N) is 1. The number of halogens is 2. The van der Waals surface area contributed by atoms with Crippen LogP contribution in [-0.4, -0.2) is 16.4 Å². The van der Waals surface area contributed by atoms with Crippen molar-refractivity contribution in [2.24, 2.45) is 12.9 Å². The topological polar surface area (TPSA) is 65.1 Å². The number of ether oxygens (including phenoxy) is 1. The number of alkyl halides is 2. The SMILES string of the molecule is Cn1nccc1C(NN)c1cccc(OC(F)F)c1. The summed E-state index contributed by atoms with van der Waals surface area (Å²) in [4.78, 5) is 0. The minimum absolute atomic E-state index is 0.0925. The fourth-order valence-corrected chi connectivity index (χ4v) is 1.89. The number of hydrogen-bond acceptors (Lipinski definition) is 4. The van der Waals surface area contributed by atoms with Gasteiger partial charge >= 0.3 is 6.61 Å². The van der Waals surface area contributed by atoms with Gasteiger partial charge in [0, 0.05) is 13.2 Å². The molecular weight excluding hydrogens is 254 g/mol. The average Bonchev–Trinajstić information content (AvgIpc) is 2.77. The summed E-state index contributed by atoms with van der Waals surface area (Å²) in [6.45, 7) is -2.85. The van der Waals surface area contributed by atoms with Crippen molar-refractivity contribution in [2.75, 3.05) is 0 Å². The Balaban J connectivity index is 2.31. The maximum absolute atomic E-state index is 12.2. The van der Waals surface area contributed by atoms with Gasteiger partial charge in [-0.3, -0.25) is 10.5 Å². The highest BCUT2D eigenvalue weighted by Crippen LogP contribution is 2.24. The maximum atomic E-state index is 12.2. The Morgan fingerprint density at radius 3 is 2.74 bits per heavy atom. The molecule has 0 saturated heterocycles. The third-order valence-electron chi connectivity index (χ3n) is 2.74. The Morgan fingerprint density at radius 1 is 1.37 bits per heavy atom. The summed E-state index contributed by atoms with van der Waals surface area (Å²) in [5, 5.41) is 4.05. The molecule has 0 bridgehead atoms. The minimum atomic E-state index is -2.85. The van der Waals surface area contributed by atoms with Gasteiger partial charge in [-0.05, 0) is 23.8 Å². The molecule has 1 aromatic carbocycles. The zero-order valence-corrected chi connectivity index (χ0v) is 10.3. The highest BCUT2D eigenvalue weighted by molar-refractivity contribution is 5.34. The van der Waals surface area contributed by atoms with Gasteiger partial charge in [0.1, 0.15) is 5.75 Å². The molecule has 0 aliphatic carbocycles. The van der Waals surface area contributed by atoms with Crippen molar-refractivity contribution in [3.05, 3.63) is 47.8 Å². The molecule has 0 aliphatic heterocycles. The van der Waals surface area contributed by atoms with E-state index in [1.165, 1.54) is 12.1 Å². The predicted molar refractivity (Wildman–Crippen MR) is 65.4 cm³/mol. The number of rotatable bonds is 5. The van der Waals surface area contributed by atoms with E-state index in [9.17, 15) is 8.78 Å². The zero-order valence-electron chi connectivity index (χ0n) is 10.3. The molecule has 19 heavy (non-hydrogen) atoms. The third kappa shape index (κ3) is 3.07. The normalized spacial score (nSPS) is 12.7. The van der Waals surface area contributed by atoms with Crippen LogP contribution in [0.5, 0.6) is 5.75 Å². The Labute approximate surface area is 108 Å². The molecular formula is C12H14F2N4O. The Bertz CT molecular complexity index is 544. The fraction of sp³-hybridized carbons (Fsp3) is 0.250. The molecule has 1 aromatic heterocycles. The monoisotopic (exact) mass is 268 g/mol. The lowest BCUT2D eigenvalue weighted by molar-refractivity contribution is -0.0498. The first-order chi connectivity index (χ1) is 9.11. The second-order valence-corrected chi connectivity index (χ2v) is 3.93. The molecule has 0 spiro atoms. The molecule has 3 N–H and O–H groups in total. The van der Waals surface area contributed by atoms with Crippen LogP contribution < -0.4 is 16.0 Å². The van der Waals surface area contributed by atoms with E-state index in [1.54, 1.807) is 36.1 Å². The standard InChI is InChI=1S/C12H14F2N4O/c1-18-10(5-6-16-18)11(17-15)8-3-2-4-9(7-8)19-12(13)14/h2-7,11-12,17H,15H2,1H3. The summed E-state index contributed by atoms with van der Waals surface area (Å²) >= 11 is 0. The van der Waals surface area contributed by atoms with Crippen LogP contribution in [0.15, 0.2) is 36.5 Å². The van der Waals surface area contributed by atoms with Gasteiger partial charge in [-0.25, -0.2) is 5.43 Å². The Hall–Kier alpha value is -1.99. The van der Waals surface area contributed by atoms with E-state index < -0.39 is 6.61 Å². The first-order valence-corrected chi connectivity index (χ1v) is 5.60. The quantitative estimate of drug-likeness (QED) is 0.638. The van der Waals surface area contributed by atoms with Gasteiger partial charge in [0.25, 0.3) is 0 Å². The molecule has 1 atom stereocenters. The second-order valence-electron chi connectivity index (χ2n) is 3.93. The lowest BCUT2D eigenvalue weighted by Crippen LogP contribution is -2.30. The zero-order chi connectivity index (χ0) is 13.8. The van der Waals surface area contributed by atoms with Gasteiger partial charge < -0.3 is 4.74 Å². The van der Waals surface area contributed by atoms with Gasteiger partial charge in [-0.1, -0.05) is 12.1 Å². The highest BCUT2D eigenvalue weighted by atomic mass is 19.3. The number of nitrogens with two attached hydrogens (primary N) is 1. The van der Waals surface area contributed by atoms with Gasteiger partial charge in [-0.15, -0.1) is 0 Å². The number of aryl methyl sites for hydroxylation is 1. The van der Waals surface area contributed by atoms with Gasteiger partial charge in [0.05, 0.1) is 11.7 Å². The number of benzene rings is 1. The Kier molecular flexibility index (Phi) is 4.08. The summed E-state index contributed by atoms with van der Waals surface area (Å²) in [7, 11) is 1.78. The third-order valence-corrected chi connectivity index (χ3v) is 2.74. The summed E-state index contributed by atoms with van der Waals surface area (Å²) in [6.07, 6.45) is 1.64. The summed E-state index contributed by atoms with van der Waals surface area (Å²) in [6, 6.07) is 7.83. The highest BCUT2D eigenvalue weighted by Gasteiger charge is 2.16. The minimum Gasteiger partial charge on any atom is -0.435 e. The maximum Gasteiger partial charge on any atom is 0.387 e. The summed E-state index contributed by atoms with van der Waals surface area (Å²) < 4.78 is 30.4. The number of nitrogens with zero attached hydrogens (tertiary/aromatic N) is 2. The molecule has 0 radical (unpaired) electrons. The van der Waals surface area contributed by atoms with Gasteiger partial charge in [-0.2, -0.15) is 13.9 Å². The van der Waals surface area contributed by atoms with E-state index in [4.69, 9.17) is 5.84 Å². The van der Waals surface area contributed by atoms with E-state index in [-0.39, 0.29) is 11.8 Å². The molecule has 5 nitrogen and oxygen atoms in total. The van der Waals surface area contributed by atoms with Crippen molar-refractivity contribution in [2.45, 2.75) is 12.7 Å². The van der Waals surface area contributed by atoms with E-state index in [0.29, 0.717) is 5.56 Å². The van der Waals surface area contributed by atoms with Crippen molar-refractivity contribution >= 4 is 0 Å². The second kappa shape index (κ2) is 5.77. The molecule has 0 aliphatic rings. The van der Waals surface area contributed by atoms with Crippen molar-refractivity contribution in [1.29, 1.82) is 0 Å². The van der Waals surface area contributed by atoms with Gasteiger partial charge in [0.2, 0.25) is 0 Å². The first-order valence-electron chi connectivity index (χ1n) is 5.60. The van der Waals surface area contributed by atoms with Crippen LogP contribution in [0.4, 0.5) is 8.78 Å². The molecule has 1 heterocycles. The van der Waals surface area contributed by atoms with Crippen LogP contribution in [0.1, 0.15) is 17.3 Å². The van der Waals surface area contributed by atoms with Crippen LogP contribution in [-0.2, 0) is 7.05 Å². The Morgan fingerprint density at radius 2 is 2.16 bits per heavy atom. The number of hydrogen-bond donors (Lipinski definition) is 2. The van der Waals surface area contributed by atoms with Crippen molar-refractivity contribution in [3.8, 4) is 5.75 Å². The van der Waals surface area contributed by atoms with Gasteiger partial charge in [0.15, 0.2) is 0 Å². The largest absolute Gasteiger partial charge is 0.435 e. The van der Waals surface area contributed by atoms with Crippen molar-refractivity contribution in [1.82, 2.24) is 15.2 Å².